The number of carbonyl (C=O) groups is 2. The normalized spacial score (nSPS) is 10.8. The van der Waals surface area contributed by atoms with Crippen LogP contribution in [0.3, 0.4) is 0 Å². The molecule has 0 fully saturated rings. The van der Waals surface area contributed by atoms with Crippen molar-refractivity contribution in [2.75, 3.05) is 6.61 Å². The smallest absolute Gasteiger partial charge is 0.420 e. The Kier molecular flexibility index (Phi) is 5.08. The molecule has 0 aliphatic carbocycles. The van der Waals surface area contributed by atoms with Gasteiger partial charge in [-0.15, -0.1) is 0 Å². The number of benzene rings is 2. The molecule has 0 aliphatic rings. The number of Topliss-reactive ketones (excluding diaryl/α,β-unsaturated/α-hetero) is 1. The van der Waals surface area contributed by atoms with Gasteiger partial charge in [0.05, 0.1) is 16.5 Å². The molecule has 0 spiro atoms. The number of aromatic nitrogens is 1. The lowest BCUT2D eigenvalue weighted by Gasteiger charge is -2.08. The number of ether oxygens (including phenoxy) is 1. The lowest BCUT2D eigenvalue weighted by Crippen LogP contribution is -2.23. The molecule has 9 nitrogen and oxygen atoms in total. The molecule has 3 aromatic rings. The molecule has 0 bridgehead atoms. The van der Waals surface area contributed by atoms with Crippen molar-refractivity contribution in [1.29, 1.82) is 0 Å². The van der Waals surface area contributed by atoms with Crippen LogP contribution < -0.4 is 5.76 Å². The number of rotatable bonds is 6. The third-order valence-electron chi connectivity index (χ3n) is 4.21. The maximum absolute atomic E-state index is 12.3. The minimum Gasteiger partial charge on any atom is -0.456 e. The number of hydrogen-bond acceptors (Lipinski definition) is 7. The van der Waals surface area contributed by atoms with Gasteiger partial charge >= 0.3 is 11.7 Å². The standard InChI is InChI=1S/C19H16N2O7/c1-11-3-4-12(2)14(7-11)16(22)10-27-18(23)9-20-15-6-5-13(21(25)26)8-17(15)28-19(20)24/h3-8H,9-10H2,1-2H3. The molecule has 0 aliphatic heterocycles. The van der Waals surface area contributed by atoms with E-state index in [1.54, 1.807) is 19.1 Å². The van der Waals surface area contributed by atoms with E-state index < -0.39 is 29.8 Å². The molecular weight excluding hydrogens is 368 g/mol. The van der Waals surface area contributed by atoms with Gasteiger partial charge < -0.3 is 9.15 Å². The van der Waals surface area contributed by atoms with Crippen molar-refractivity contribution in [2.24, 2.45) is 0 Å². The Hall–Kier alpha value is -3.75. The monoisotopic (exact) mass is 384 g/mol. The zero-order chi connectivity index (χ0) is 20.4. The lowest BCUT2D eigenvalue weighted by atomic mass is 10.0. The van der Waals surface area contributed by atoms with Crippen LogP contribution in [-0.2, 0) is 16.1 Å². The van der Waals surface area contributed by atoms with Crippen LogP contribution in [0.25, 0.3) is 11.1 Å². The average Bonchev–Trinajstić information content (AvgIpc) is 2.96. The van der Waals surface area contributed by atoms with Gasteiger partial charge in [-0.3, -0.25) is 24.3 Å². The summed E-state index contributed by atoms with van der Waals surface area (Å²) in [6.07, 6.45) is 0. The van der Waals surface area contributed by atoms with E-state index in [4.69, 9.17) is 9.15 Å². The first-order valence-corrected chi connectivity index (χ1v) is 8.30. The number of esters is 1. The summed E-state index contributed by atoms with van der Waals surface area (Å²) < 4.78 is 10.9. The number of nitro groups is 1. The fourth-order valence-electron chi connectivity index (χ4n) is 2.75. The van der Waals surface area contributed by atoms with Gasteiger partial charge in [-0.2, -0.15) is 0 Å². The van der Waals surface area contributed by atoms with E-state index in [1.807, 2.05) is 13.0 Å². The Morgan fingerprint density at radius 3 is 2.64 bits per heavy atom. The van der Waals surface area contributed by atoms with Crippen LogP contribution >= 0.6 is 0 Å². The molecule has 144 valence electrons. The molecule has 0 saturated carbocycles. The SMILES string of the molecule is Cc1ccc(C)c(C(=O)COC(=O)Cn2c(=O)oc3cc([N+](=O)[O-])ccc32)c1. The molecule has 1 heterocycles. The first-order chi connectivity index (χ1) is 13.3. The summed E-state index contributed by atoms with van der Waals surface area (Å²) in [6, 6.07) is 9.00. The predicted octanol–water partition coefficient (Wildman–Crippen LogP) is 2.55. The fourth-order valence-corrected chi connectivity index (χ4v) is 2.75. The highest BCUT2D eigenvalue weighted by molar-refractivity contribution is 5.99. The van der Waals surface area contributed by atoms with E-state index in [1.165, 1.54) is 12.1 Å². The Morgan fingerprint density at radius 2 is 1.93 bits per heavy atom. The molecule has 9 heteroatoms. The summed E-state index contributed by atoms with van der Waals surface area (Å²) in [7, 11) is 0. The van der Waals surface area contributed by atoms with Crippen LogP contribution in [0.4, 0.5) is 5.69 Å². The zero-order valence-electron chi connectivity index (χ0n) is 15.1. The van der Waals surface area contributed by atoms with Crippen molar-refractivity contribution in [1.82, 2.24) is 4.57 Å². The molecule has 1 aromatic heterocycles. The van der Waals surface area contributed by atoms with Crippen LogP contribution in [-0.4, -0.2) is 27.8 Å². The van der Waals surface area contributed by atoms with Crippen molar-refractivity contribution in [3.63, 3.8) is 0 Å². The second kappa shape index (κ2) is 7.47. The largest absolute Gasteiger partial charge is 0.456 e. The Morgan fingerprint density at radius 1 is 1.18 bits per heavy atom. The van der Waals surface area contributed by atoms with Crippen molar-refractivity contribution in [2.45, 2.75) is 20.4 Å². The minimum absolute atomic E-state index is 0.0153. The van der Waals surface area contributed by atoms with Gasteiger partial charge in [0.2, 0.25) is 5.78 Å². The van der Waals surface area contributed by atoms with Crippen LogP contribution in [0.1, 0.15) is 21.5 Å². The predicted molar refractivity (Wildman–Crippen MR) is 98.3 cm³/mol. The average molecular weight is 384 g/mol. The molecule has 0 saturated heterocycles. The van der Waals surface area contributed by atoms with E-state index >= 15 is 0 Å². The molecule has 0 atom stereocenters. The Labute approximate surface area is 158 Å². The van der Waals surface area contributed by atoms with E-state index in [0.29, 0.717) is 5.56 Å². The van der Waals surface area contributed by atoms with Crippen molar-refractivity contribution >= 4 is 28.5 Å². The summed E-state index contributed by atoms with van der Waals surface area (Å²) >= 11 is 0. The number of nitrogens with zero attached hydrogens (tertiary/aromatic N) is 2. The van der Waals surface area contributed by atoms with Gasteiger partial charge in [0.25, 0.3) is 5.69 Å². The molecule has 0 amide bonds. The third kappa shape index (κ3) is 3.83. The van der Waals surface area contributed by atoms with E-state index in [9.17, 15) is 24.5 Å². The lowest BCUT2D eigenvalue weighted by molar-refractivity contribution is -0.384. The number of hydrogen-bond donors (Lipinski definition) is 0. The second-order valence-electron chi connectivity index (χ2n) is 6.27. The highest BCUT2D eigenvalue weighted by Gasteiger charge is 2.18. The van der Waals surface area contributed by atoms with E-state index in [0.717, 1.165) is 21.8 Å². The van der Waals surface area contributed by atoms with Gasteiger partial charge in [-0.1, -0.05) is 17.7 Å². The Balaban J connectivity index is 1.72. The zero-order valence-corrected chi connectivity index (χ0v) is 15.1. The molecule has 2 aromatic carbocycles. The molecule has 28 heavy (non-hydrogen) atoms. The summed E-state index contributed by atoms with van der Waals surface area (Å²) in [5.41, 5.74) is 2.10. The van der Waals surface area contributed by atoms with Crippen LogP contribution in [0.15, 0.2) is 45.6 Å². The van der Waals surface area contributed by atoms with Gasteiger partial charge in [0.1, 0.15) is 6.54 Å². The van der Waals surface area contributed by atoms with E-state index in [-0.39, 0.29) is 22.6 Å². The molecule has 0 radical (unpaired) electrons. The van der Waals surface area contributed by atoms with Gasteiger partial charge in [0, 0.05) is 11.6 Å². The summed E-state index contributed by atoms with van der Waals surface area (Å²) in [6.45, 7) is 2.69. The summed E-state index contributed by atoms with van der Waals surface area (Å²) in [4.78, 5) is 46.5. The number of fused-ring (bicyclic) bond motifs is 1. The topological polar surface area (TPSA) is 122 Å². The Bertz CT molecular complexity index is 1160. The van der Waals surface area contributed by atoms with Crippen molar-refractivity contribution < 1.29 is 23.7 Å². The van der Waals surface area contributed by atoms with Gasteiger partial charge in [-0.05, 0) is 31.5 Å². The number of carbonyl (C=O) groups excluding carboxylic acids is 2. The molecule has 3 rings (SSSR count). The third-order valence-corrected chi connectivity index (χ3v) is 4.21. The minimum atomic E-state index is -0.853. The van der Waals surface area contributed by atoms with Crippen LogP contribution in [0.2, 0.25) is 0 Å². The first-order valence-electron chi connectivity index (χ1n) is 8.30. The number of non-ortho nitro benzene ring substituents is 1. The van der Waals surface area contributed by atoms with Crippen molar-refractivity contribution in [3.8, 4) is 0 Å². The van der Waals surface area contributed by atoms with Crippen LogP contribution in [0.5, 0.6) is 0 Å². The number of ketones is 1. The molecule has 0 unspecified atom stereocenters. The van der Waals surface area contributed by atoms with E-state index in [2.05, 4.69) is 0 Å². The maximum atomic E-state index is 12.3. The second-order valence-corrected chi connectivity index (χ2v) is 6.27. The molecule has 0 N–H and O–H groups in total. The fraction of sp³-hybridized carbons (Fsp3) is 0.211. The van der Waals surface area contributed by atoms with Crippen molar-refractivity contribution in [3.05, 3.63) is 73.8 Å². The quantitative estimate of drug-likeness (QED) is 0.277. The number of aryl methyl sites for hydroxylation is 2. The number of nitro benzene ring substituents is 1. The number of oxazole rings is 1. The first kappa shape index (κ1) is 19.0. The summed E-state index contributed by atoms with van der Waals surface area (Å²) in [5.74, 6) is -2.01. The van der Waals surface area contributed by atoms with Gasteiger partial charge in [0.15, 0.2) is 12.2 Å². The highest BCUT2D eigenvalue weighted by atomic mass is 16.6. The maximum Gasteiger partial charge on any atom is 0.420 e. The summed E-state index contributed by atoms with van der Waals surface area (Å²) in [5, 5.41) is 10.8. The van der Waals surface area contributed by atoms with Gasteiger partial charge in [-0.25, -0.2) is 4.79 Å². The van der Waals surface area contributed by atoms with Crippen LogP contribution in [0, 0.1) is 24.0 Å². The molecular formula is C19H16N2O7. The highest BCUT2D eigenvalue weighted by Crippen LogP contribution is 2.20.